The molecule has 0 spiro atoms. The van der Waals surface area contributed by atoms with E-state index in [1.807, 2.05) is 0 Å². The van der Waals surface area contributed by atoms with Crippen molar-refractivity contribution in [2.75, 3.05) is 27.9 Å². The van der Waals surface area contributed by atoms with E-state index in [2.05, 4.69) is 4.74 Å². The van der Waals surface area contributed by atoms with Crippen molar-refractivity contribution >= 4 is 22.9 Å². The Labute approximate surface area is 182 Å². The van der Waals surface area contributed by atoms with E-state index in [9.17, 15) is 14.4 Å². The summed E-state index contributed by atoms with van der Waals surface area (Å²) in [6, 6.07) is 11.8. The highest BCUT2D eigenvalue weighted by Gasteiger charge is 2.45. The molecule has 0 bridgehead atoms. The molecule has 1 aliphatic rings. The summed E-state index contributed by atoms with van der Waals surface area (Å²) in [6.45, 7) is -0.304. The normalized spacial score (nSPS) is 16.7. The molecular weight excluding hydrogens is 420 g/mol. The van der Waals surface area contributed by atoms with E-state index in [-0.39, 0.29) is 17.9 Å². The van der Waals surface area contributed by atoms with Gasteiger partial charge in [0, 0.05) is 0 Å². The molecule has 0 saturated carbocycles. The van der Waals surface area contributed by atoms with Crippen LogP contribution in [0.5, 0.6) is 17.2 Å². The van der Waals surface area contributed by atoms with Gasteiger partial charge in [-0.15, -0.1) is 0 Å². The molecule has 0 aliphatic carbocycles. The van der Waals surface area contributed by atoms with Gasteiger partial charge >= 0.3 is 17.6 Å². The summed E-state index contributed by atoms with van der Waals surface area (Å²) in [5.74, 6) is -1.12. The smallest absolute Gasteiger partial charge is 0.348 e. The fraction of sp³-hybridized carbons (Fsp3) is 0.261. The third-order valence-corrected chi connectivity index (χ3v) is 5.21. The van der Waals surface area contributed by atoms with Gasteiger partial charge in [-0.25, -0.2) is 14.4 Å². The Hall–Kier alpha value is -4.01. The van der Waals surface area contributed by atoms with Crippen LogP contribution in [0.4, 0.5) is 0 Å². The molecule has 0 N–H and O–H groups in total. The molecule has 2 heterocycles. The van der Waals surface area contributed by atoms with E-state index in [0.717, 1.165) is 0 Å². The molecule has 0 saturated heterocycles. The van der Waals surface area contributed by atoms with Gasteiger partial charge in [-0.05, 0) is 29.8 Å². The summed E-state index contributed by atoms with van der Waals surface area (Å²) < 4.78 is 31.8. The molecule has 32 heavy (non-hydrogen) atoms. The van der Waals surface area contributed by atoms with Gasteiger partial charge in [0.1, 0.15) is 11.3 Å². The second-order valence-corrected chi connectivity index (χ2v) is 6.94. The summed E-state index contributed by atoms with van der Waals surface area (Å²) >= 11 is 0. The molecule has 1 aliphatic heterocycles. The Balaban J connectivity index is 1.83. The fourth-order valence-electron chi connectivity index (χ4n) is 3.71. The van der Waals surface area contributed by atoms with Gasteiger partial charge in [0.05, 0.1) is 38.2 Å². The van der Waals surface area contributed by atoms with Crippen molar-refractivity contribution in [1.29, 1.82) is 0 Å². The summed E-state index contributed by atoms with van der Waals surface area (Å²) in [5, 5.41) is 0.573. The quantitative estimate of drug-likeness (QED) is 0.421. The highest BCUT2D eigenvalue weighted by molar-refractivity contribution is 5.88. The summed E-state index contributed by atoms with van der Waals surface area (Å²) in [6.07, 6.45) is -1.10. The van der Waals surface area contributed by atoms with E-state index in [4.69, 9.17) is 23.4 Å². The van der Waals surface area contributed by atoms with Gasteiger partial charge in [-0.2, -0.15) is 0 Å². The summed E-state index contributed by atoms with van der Waals surface area (Å²) in [7, 11) is 3.94. The minimum Gasteiger partial charge on any atom is -0.493 e. The lowest BCUT2D eigenvalue weighted by Gasteiger charge is -2.18. The number of carbonyl (C=O) groups is 2. The largest absolute Gasteiger partial charge is 0.493 e. The topological polar surface area (TPSA) is 111 Å². The number of carbonyl (C=O) groups excluding carboxylic acids is 2. The first-order valence-electron chi connectivity index (χ1n) is 9.66. The standard InChI is InChI=1S/C23H20O9/c1-27-16-10-12(8-9-15(16)30-11-17(24)28-2)18-19-20(32-21(18)23(26)29-3)13-6-4-5-7-14(13)31-22(19)25/h4-10,18,21H,11H2,1-3H3. The Morgan fingerprint density at radius 2 is 1.78 bits per heavy atom. The highest BCUT2D eigenvalue weighted by Crippen LogP contribution is 2.46. The predicted octanol–water partition coefficient (Wildman–Crippen LogP) is 2.42. The van der Waals surface area contributed by atoms with Gasteiger partial charge in [-0.3, -0.25) is 0 Å². The van der Waals surface area contributed by atoms with Crippen LogP contribution in [-0.4, -0.2) is 46.0 Å². The van der Waals surface area contributed by atoms with E-state index in [0.29, 0.717) is 28.0 Å². The van der Waals surface area contributed by atoms with Gasteiger partial charge in [-0.1, -0.05) is 18.2 Å². The maximum Gasteiger partial charge on any atom is 0.348 e. The summed E-state index contributed by atoms with van der Waals surface area (Å²) in [5.41, 5.74) is 0.498. The van der Waals surface area contributed by atoms with Crippen LogP contribution in [0.15, 0.2) is 51.7 Å². The average molecular weight is 440 g/mol. The molecule has 0 amide bonds. The van der Waals surface area contributed by atoms with Crippen molar-refractivity contribution in [2.45, 2.75) is 12.0 Å². The van der Waals surface area contributed by atoms with E-state index in [1.54, 1.807) is 42.5 Å². The van der Waals surface area contributed by atoms with Gasteiger partial charge in [0.2, 0.25) is 6.10 Å². The molecule has 2 aromatic carbocycles. The van der Waals surface area contributed by atoms with Crippen LogP contribution >= 0.6 is 0 Å². The molecule has 2 atom stereocenters. The molecule has 9 heteroatoms. The zero-order valence-corrected chi connectivity index (χ0v) is 17.6. The Morgan fingerprint density at radius 3 is 2.50 bits per heavy atom. The highest BCUT2D eigenvalue weighted by atomic mass is 16.6. The lowest BCUT2D eigenvalue weighted by atomic mass is 9.88. The molecule has 1 aromatic heterocycles. The third-order valence-electron chi connectivity index (χ3n) is 5.21. The van der Waals surface area contributed by atoms with Crippen molar-refractivity contribution in [3.8, 4) is 17.2 Å². The average Bonchev–Trinajstić information content (AvgIpc) is 3.23. The van der Waals surface area contributed by atoms with Crippen molar-refractivity contribution in [3.05, 3.63) is 64.0 Å². The molecule has 9 nitrogen and oxygen atoms in total. The predicted molar refractivity (Wildman–Crippen MR) is 111 cm³/mol. The lowest BCUT2D eigenvalue weighted by molar-refractivity contribution is -0.148. The van der Waals surface area contributed by atoms with Crippen molar-refractivity contribution in [1.82, 2.24) is 0 Å². The van der Waals surface area contributed by atoms with Crippen LogP contribution in [0, 0.1) is 0 Å². The molecular formula is C23H20O9. The van der Waals surface area contributed by atoms with Crippen molar-refractivity contribution in [2.24, 2.45) is 0 Å². The van der Waals surface area contributed by atoms with Crippen molar-refractivity contribution < 1.29 is 37.7 Å². The monoisotopic (exact) mass is 440 g/mol. The van der Waals surface area contributed by atoms with Crippen LogP contribution in [-0.2, 0) is 19.1 Å². The molecule has 3 aromatic rings. The van der Waals surface area contributed by atoms with E-state index < -0.39 is 29.6 Å². The number of hydrogen-bond donors (Lipinski definition) is 0. The minimum absolute atomic E-state index is 0.212. The number of benzene rings is 2. The van der Waals surface area contributed by atoms with Crippen molar-refractivity contribution in [3.63, 3.8) is 0 Å². The number of ether oxygens (including phenoxy) is 5. The molecule has 0 radical (unpaired) electrons. The second kappa shape index (κ2) is 8.62. The van der Waals surface area contributed by atoms with Crippen LogP contribution < -0.4 is 19.8 Å². The molecule has 4 rings (SSSR count). The molecule has 2 unspecified atom stereocenters. The van der Waals surface area contributed by atoms with E-state index in [1.165, 1.54) is 21.3 Å². The van der Waals surface area contributed by atoms with Crippen LogP contribution in [0.2, 0.25) is 0 Å². The van der Waals surface area contributed by atoms with Gasteiger partial charge < -0.3 is 28.1 Å². The van der Waals surface area contributed by atoms with E-state index >= 15 is 0 Å². The number of para-hydroxylation sites is 1. The second-order valence-electron chi connectivity index (χ2n) is 6.94. The number of rotatable bonds is 6. The number of esters is 2. The Kier molecular flexibility index (Phi) is 5.72. The molecule has 0 fully saturated rings. The SMILES string of the molecule is COC(=O)COc1ccc(C2c3c(c4ccccc4oc3=O)OC2C(=O)OC)cc1OC. The Morgan fingerprint density at radius 1 is 1.00 bits per heavy atom. The lowest BCUT2D eigenvalue weighted by Crippen LogP contribution is -2.31. The number of methoxy groups -OCH3 is 3. The fourth-order valence-corrected chi connectivity index (χ4v) is 3.71. The van der Waals surface area contributed by atoms with Gasteiger partial charge in [0.25, 0.3) is 0 Å². The number of hydrogen-bond acceptors (Lipinski definition) is 9. The zero-order chi connectivity index (χ0) is 22.8. The summed E-state index contributed by atoms with van der Waals surface area (Å²) in [4.78, 5) is 36.8. The van der Waals surface area contributed by atoms with Crippen LogP contribution in [0.1, 0.15) is 17.0 Å². The number of fused-ring (bicyclic) bond motifs is 3. The first kappa shape index (κ1) is 21.2. The Bertz CT molecular complexity index is 1240. The first-order valence-corrected chi connectivity index (χ1v) is 9.66. The van der Waals surface area contributed by atoms with Gasteiger partial charge in [0.15, 0.2) is 18.1 Å². The molecule has 166 valence electrons. The third kappa shape index (κ3) is 3.62. The maximum atomic E-state index is 12.9. The zero-order valence-electron chi connectivity index (χ0n) is 17.6. The maximum absolute atomic E-state index is 12.9. The van der Waals surface area contributed by atoms with Crippen LogP contribution in [0.3, 0.4) is 0 Å². The first-order chi connectivity index (χ1) is 15.5. The van der Waals surface area contributed by atoms with Crippen LogP contribution in [0.25, 0.3) is 11.0 Å². The minimum atomic E-state index is -1.10.